The highest BCUT2D eigenvalue weighted by molar-refractivity contribution is 5.13. The maximum atomic E-state index is 9.95. The molecule has 0 heterocycles. The van der Waals surface area contributed by atoms with Crippen LogP contribution in [0.1, 0.15) is 46.5 Å². The number of nitrogens with zero attached hydrogens (tertiary/aromatic N) is 1. The van der Waals surface area contributed by atoms with Crippen molar-refractivity contribution in [2.45, 2.75) is 46.5 Å². The van der Waals surface area contributed by atoms with Crippen LogP contribution in [0, 0.1) is 4.91 Å². The van der Waals surface area contributed by atoms with Crippen molar-refractivity contribution < 1.29 is 0 Å². The van der Waals surface area contributed by atoms with E-state index in [-0.39, 0.29) is 0 Å². The molecular formula is C10H19NO. The zero-order valence-corrected chi connectivity index (χ0v) is 8.39. The van der Waals surface area contributed by atoms with E-state index in [1.165, 1.54) is 11.1 Å². The van der Waals surface area contributed by atoms with E-state index in [0.717, 1.165) is 25.7 Å². The third kappa shape index (κ3) is 3.65. The average Bonchev–Trinajstić information content (AvgIpc) is 2.12. The molecule has 0 aliphatic rings. The normalized spacial score (nSPS) is 9.58. The van der Waals surface area contributed by atoms with Crippen LogP contribution in [0.5, 0.6) is 0 Å². The summed E-state index contributed by atoms with van der Waals surface area (Å²) in [7, 11) is 0. The third-order valence-electron chi connectivity index (χ3n) is 2.29. The minimum atomic E-state index is 0.437. The lowest BCUT2D eigenvalue weighted by molar-refractivity contribution is 0.826. The summed E-state index contributed by atoms with van der Waals surface area (Å²) < 4.78 is 0. The summed E-state index contributed by atoms with van der Waals surface area (Å²) in [5.74, 6) is 0. The Morgan fingerprint density at radius 1 is 1.00 bits per heavy atom. The highest BCUT2D eigenvalue weighted by Gasteiger charge is 2.01. The average molecular weight is 169 g/mol. The second-order valence-electron chi connectivity index (χ2n) is 2.87. The highest BCUT2D eigenvalue weighted by Crippen LogP contribution is 2.18. The Balaban J connectivity index is 4.23. The number of allylic oxidation sites excluding steroid dienone is 1. The minimum Gasteiger partial charge on any atom is -0.151 e. The monoisotopic (exact) mass is 169 g/mol. The smallest absolute Gasteiger partial charge is 0.0848 e. The van der Waals surface area contributed by atoms with Gasteiger partial charge in [-0.3, -0.25) is 0 Å². The molecular weight excluding hydrogens is 150 g/mol. The molecule has 2 heteroatoms. The van der Waals surface area contributed by atoms with Crippen LogP contribution in [-0.2, 0) is 0 Å². The molecule has 0 bridgehead atoms. The molecule has 0 radical (unpaired) electrons. The van der Waals surface area contributed by atoms with Crippen LogP contribution in [0.2, 0.25) is 0 Å². The van der Waals surface area contributed by atoms with E-state index in [4.69, 9.17) is 0 Å². The van der Waals surface area contributed by atoms with Gasteiger partial charge >= 0.3 is 0 Å². The van der Waals surface area contributed by atoms with Gasteiger partial charge in [-0.2, -0.15) is 4.91 Å². The van der Waals surface area contributed by atoms with Gasteiger partial charge in [-0.25, -0.2) is 0 Å². The Hall–Kier alpha value is -0.660. The van der Waals surface area contributed by atoms with Crippen LogP contribution >= 0.6 is 0 Å². The summed E-state index contributed by atoms with van der Waals surface area (Å²) in [6, 6.07) is 0. The van der Waals surface area contributed by atoms with Crippen LogP contribution in [-0.4, -0.2) is 6.54 Å². The molecule has 0 saturated heterocycles. The van der Waals surface area contributed by atoms with Crippen molar-refractivity contribution >= 4 is 0 Å². The molecule has 0 rings (SSSR count). The van der Waals surface area contributed by atoms with Crippen molar-refractivity contribution in [3.05, 3.63) is 16.1 Å². The second kappa shape index (κ2) is 7.01. The quantitative estimate of drug-likeness (QED) is 0.440. The molecule has 0 N–H and O–H groups in total. The lowest BCUT2D eigenvalue weighted by Gasteiger charge is -2.08. The Morgan fingerprint density at radius 2 is 1.50 bits per heavy atom. The first-order valence-corrected chi connectivity index (χ1v) is 4.78. The molecule has 0 amide bonds. The lowest BCUT2D eigenvalue weighted by atomic mass is 9.99. The minimum absolute atomic E-state index is 0.437. The molecule has 12 heavy (non-hydrogen) atoms. The highest BCUT2D eigenvalue weighted by atomic mass is 16.3. The third-order valence-corrected chi connectivity index (χ3v) is 2.29. The van der Waals surface area contributed by atoms with Crippen molar-refractivity contribution in [2.75, 3.05) is 6.54 Å². The molecule has 0 unspecified atom stereocenters. The van der Waals surface area contributed by atoms with Crippen molar-refractivity contribution in [3.8, 4) is 0 Å². The molecule has 0 fully saturated rings. The number of nitroso groups, excluding NO2 is 1. The van der Waals surface area contributed by atoms with Crippen molar-refractivity contribution in [3.63, 3.8) is 0 Å². The zero-order valence-electron chi connectivity index (χ0n) is 8.39. The fourth-order valence-corrected chi connectivity index (χ4v) is 1.53. The summed E-state index contributed by atoms with van der Waals surface area (Å²) >= 11 is 0. The van der Waals surface area contributed by atoms with Crippen molar-refractivity contribution in [2.24, 2.45) is 5.18 Å². The van der Waals surface area contributed by atoms with Crippen LogP contribution in [0.4, 0.5) is 0 Å². The first-order chi connectivity index (χ1) is 5.79. The predicted molar refractivity (Wildman–Crippen MR) is 53.2 cm³/mol. The predicted octanol–water partition coefficient (Wildman–Crippen LogP) is 3.67. The molecule has 0 aromatic rings. The van der Waals surface area contributed by atoms with Gasteiger partial charge in [-0.15, -0.1) is 0 Å². The standard InChI is InChI=1S/C10H19NO/c1-4-9(5-2)10(6-3)7-8-11-12/h4-8H2,1-3H3. The van der Waals surface area contributed by atoms with Gasteiger partial charge in [0.25, 0.3) is 0 Å². The summed E-state index contributed by atoms with van der Waals surface area (Å²) in [6.07, 6.45) is 4.14. The largest absolute Gasteiger partial charge is 0.151 e. The Labute approximate surface area is 75.0 Å². The number of hydrogen-bond acceptors (Lipinski definition) is 2. The molecule has 70 valence electrons. The van der Waals surface area contributed by atoms with Gasteiger partial charge in [0.15, 0.2) is 0 Å². The Morgan fingerprint density at radius 3 is 1.83 bits per heavy atom. The van der Waals surface area contributed by atoms with Gasteiger partial charge in [0.05, 0.1) is 6.54 Å². The van der Waals surface area contributed by atoms with Crippen LogP contribution in [0.3, 0.4) is 0 Å². The Kier molecular flexibility index (Phi) is 6.63. The van der Waals surface area contributed by atoms with Gasteiger partial charge in [-0.1, -0.05) is 37.1 Å². The summed E-state index contributed by atoms with van der Waals surface area (Å²) in [4.78, 5) is 9.95. The van der Waals surface area contributed by atoms with E-state index >= 15 is 0 Å². The zero-order chi connectivity index (χ0) is 9.40. The maximum Gasteiger partial charge on any atom is 0.0848 e. The van der Waals surface area contributed by atoms with E-state index in [1.54, 1.807) is 0 Å². The lowest BCUT2D eigenvalue weighted by Crippen LogP contribution is -1.92. The molecule has 0 aliphatic carbocycles. The first kappa shape index (κ1) is 11.3. The van der Waals surface area contributed by atoms with Gasteiger partial charge in [0, 0.05) is 0 Å². The van der Waals surface area contributed by atoms with Gasteiger partial charge in [0.2, 0.25) is 0 Å². The summed E-state index contributed by atoms with van der Waals surface area (Å²) in [6.45, 7) is 6.92. The van der Waals surface area contributed by atoms with E-state index < -0.39 is 0 Å². The van der Waals surface area contributed by atoms with Gasteiger partial charge in [-0.05, 0) is 25.7 Å². The van der Waals surface area contributed by atoms with Crippen LogP contribution in [0.25, 0.3) is 0 Å². The van der Waals surface area contributed by atoms with E-state index in [1.807, 2.05) is 0 Å². The van der Waals surface area contributed by atoms with E-state index in [0.29, 0.717) is 6.54 Å². The number of rotatable bonds is 6. The van der Waals surface area contributed by atoms with Crippen molar-refractivity contribution in [1.29, 1.82) is 0 Å². The topological polar surface area (TPSA) is 29.4 Å². The maximum absolute atomic E-state index is 9.95. The fraction of sp³-hybridized carbons (Fsp3) is 0.800. The van der Waals surface area contributed by atoms with E-state index in [2.05, 4.69) is 25.9 Å². The molecule has 0 atom stereocenters. The second-order valence-corrected chi connectivity index (χ2v) is 2.87. The summed E-state index contributed by atoms with van der Waals surface area (Å²) in [5, 5.41) is 2.89. The van der Waals surface area contributed by atoms with Gasteiger partial charge < -0.3 is 0 Å². The fourth-order valence-electron chi connectivity index (χ4n) is 1.53. The molecule has 0 aliphatic heterocycles. The molecule has 0 saturated carbocycles. The molecule has 0 aromatic carbocycles. The van der Waals surface area contributed by atoms with Crippen molar-refractivity contribution in [1.82, 2.24) is 0 Å². The Bertz CT molecular complexity index is 155. The van der Waals surface area contributed by atoms with Crippen LogP contribution < -0.4 is 0 Å². The molecule has 2 nitrogen and oxygen atoms in total. The van der Waals surface area contributed by atoms with Crippen LogP contribution in [0.15, 0.2) is 16.3 Å². The SMILES string of the molecule is CCC(CC)=C(CC)CCN=O. The first-order valence-electron chi connectivity index (χ1n) is 4.78. The molecule has 0 aromatic heterocycles. The van der Waals surface area contributed by atoms with E-state index in [9.17, 15) is 4.91 Å². The summed E-state index contributed by atoms with van der Waals surface area (Å²) in [5.41, 5.74) is 2.93. The number of hydrogen-bond donors (Lipinski definition) is 0. The molecule has 0 spiro atoms. The van der Waals surface area contributed by atoms with Gasteiger partial charge in [0.1, 0.15) is 0 Å².